The summed E-state index contributed by atoms with van der Waals surface area (Å²) in [5.41, 5.74) is 0. The first kappa shape index (κ1) is 14.9. The molecule has 0 saturated heterocycles. The van der Waals surface area contributed by atoms with Crippen molar-refractivity contribution in [1.82, 2.24) is 5.32 Å². The quantitative estimate of drug-likeness (QED) is 0.419. The Morgan fingerprint density at radius 1 is 1.21 bits per heavy atom. The van der Waals surface area contributed by atoms with E-state index in [0.717, 1.165) is 0 Å². The number of nitrogens with one attached hydrogen (secondary N) is 1. The molecule has 0 heterocycles. The Kier molecular flexibility index (Phi) is 18.6. The molecule has 0 aromatic heterocycles. The summed E-state index contributed by atoms with van der Waals surface area (Å²) in [5, 5.41) is 10.2. The summed E-state index contributed by atoms with van der Waals surface area (Å²) < 4.78 is 8.77. The molecule has 0 aliphatic carbocycles. The lowest BCUT2D eigenvalue weighted by molar-refractivity contribution is -0.128. The van der Waals surface area contributed by atoms with Crippen LogP contribution in [0.2, 0.25) is 0 Å². The van der Waals surface area contributed by atoms with Crippen LogP contribution in [0.15, 0.2) is 0 Å². The van der Waals surface area contributed by atoms with Gasteiger partial charge in [0.05, 0.1) is 6.07 Å². The van der Waals surface area contributed by atoms with Gasteiger partial charge in [0.2, 0.25) is 0 Å². The third-order valence-electron chi connectivity index (χ3n) is 0.929. The molecule has 1 N–H and O–H groups in total. The number of carbonyl (C=O) groups is 2. The van der Waals surface area contributed by atoms with Gasteiger partial charge in [0, 0.05) is 20.0 Å². The standard InChI is InChI=1S/C6H11NO4.C2H3N/c8-5-10-3-1-7-2-4-11-6-9;1-2-3/h5-7H,1-4H2;1H3. The van der Waals surface area contributed by atoms with Gasteiger partial charge in [-0.1, -0.05) is 0 Å². The second-order valence-electron chi connectivity index (χ2n) is 1.91. The van der Waals surface area contributed by atoms with Crippen molar-refractivity contribution in [2.24, 2.45) is 0 Å². The Hall–Kier alpha value is -1.61. The SMILES string of the molecule is CC#N.O=COCCNCCOC=O. The lowest BCUT2D eigenvalue weighted by atomic mass is 10.6. The molecule has 80 valence electrons. The van der Waals surface area contributed by atoms with Gasteiger partial charge in [-0.15, -0.1) is 0 Å². The van der Waals surface area contributed by atoms with Crippen LogP contribution in [0, 0.1) is 11.3 Å². The molecule has 0 fully saturated rings. The summed E-state index contributed by atoms with van der Waals surface area (Å²) in [5.74, 6) is 0. The van der Waals surface area contributed by atoms with E-state index in [1.54, 1.807) is 6.07 Å². The molecule has 0 rings (SSSR count). The van der Waals surface area contributed by atoms with Crippen molar-refractivity contribution in [3.63, 3.8) is 0 Å². The number of hydrogen-bond acceptors (Lipinski definition) is 6. The topological polar surface area (TPSA) is 88.4 Å². The molecule has 0 aromatic carbocycles. The number of nitriles is 1. The van der Waals surface area contributed by atoms with Gasteiger partial charge in [-0.25, -0.2) is 0 Å². The van der Waals surface area contributed by atoms with Crippen LogP contribution < -0.4 is 5.32 Å². The fourth-order valence-electron chi connectivity index (χ4n) is 0.483. The van der Waals surface area contributed by atoms with Crippen LogP contribution in [0.5, 0.6) is 0 Å². The lowest BCUT2D eigenvalue weighted by Gasteiger charge is -2.01. The summed E-state index contributed by atoms with van der Waals surface area (Å²) in [4.78, 5) is 19.2. The number of nitrogens with zero attached hydrogens (tertiary/aromatic N) is 1. The second-order valence-corrected chi connectivity index (χ2v) is 1.91. The average Bonchev–Trinajstić information content (AvgIpc) is 2.18. The Bertz CT molecular complexity index is 155. The average molecular weight is 202 g/mol. The first-order valence-corrected chi connectivity index (χ1v) is 3.95. The van der Waals surface area contributed by atoms with Crippen molar-refractivity contribution in [2.45, 2.75) is 6.92 Å². The zero-order chi connectivity index (χ0) is 11.1. The minimum atomic E-state index is 0.338. The van der Waals surface area contributed by atoms with E-state index < -0.39 is 0 Å². The van der Waals surface area contributed by atoms with Gasteiger partial charge in [0.25, 0.3) is 12.9 Å². The van der Waals surface area contributed by atoms with E-state index in [4.69, 9.17) is 5.26 Å². The third kappa shape index (κ3) is 22.4. The van der Waals surface area contributed by atoms with E-state index in [1.165, 1.54) is 6.92 Å². The fraction of sp³-hybridized carbons (Fsp3) is 0.625. The summed E-state index contributed by atoms with van der Waals surface area (Å²) in [6.07, 6.45) is 0. The zero-order valence-corrected chi connectivity index (χ0v) is 8.06. The Morgan fingerprint density at radius 2 is 1.57 bits per heavy atom. The Labute approximate surface area is 82.8 Å². The molecule has 0 spiro atoms. The van der Waals surface area contributed by atoms with Crippen molar-refractivity contribution >= 4 is 12.9 Å². The molecule has 0 saturated carbocycles. The number of ether oxygens (including phenoxy) is 2. The highest BCUT2D eigenvalue weighted by Gasteiger charge is 1.86. The third-order valence-corrected chi connectivity index (χ3v) is 0.929. The predicted molar refractivity (Wildman–Crippen MR) is 48.2 cm³/mol. The molecule has 0 amide bonds. The fourth-order valence-corrected chi connectivity index (χ4v) is 0.483. The Morgan fingerprint density at radius 3 is 1.86 bits per heavy atom. The molecule has 0 aliphatic heterocycles. The normalized spacial score (nSPS) is 7.43. The number of hydrogen-bond donors (Lipinski definition) is 1. The molecule has 0 unspecified atom stereocenters. The van der Waals surface area contributed by atoms with Gasteiger partial charge in [-0.3, -0.25) is 9.59 Å². The van der Waals surface area contributed by atoms with E-state index >= 15 is 0 Å². The highest BCUT2D eigenvalue weighted by atomic mass is 16.5. The number of carbonyl (C=O) groups excluding carboxylic acids is 2. The van der Waals surface area contributed by atoms with E-state index in [9.17, 15) is 9.59 Å². The molecule has 6 nitrogen and oxygen atoms in total. The number of rotatable bonds is 8. The summed E-state index contributed by atoms with van der Waals surface area (Å²) >= 11 is 0. The van der Waals surface area contributed by atoms with Crippen LogP contribution in [0.1, 0.15) is 6.92 Å². The van der Waals surface area contributed by atoms with Crippen molar-refractivity contribution in [2.75, 3.05) is 26.3 Å². The van der Waals surface area contributed by atoms with Crippen molar-refractivity contribution in [1.29, 1.82) is 5.26 Å². The van der Waals surface area contributed by atoms with Crippen molar-refractivity contribution in [3.8, 4) is 6.07 Å². The van der Waals surface area contributed by atoms with Gasteiger partial charge in [-0.2, -0.15) is 5.26 Å². The first-order chi connectivity index (χ1) is 6.83. The van der Waals surface area contributed by atoms with E-state index in [1.807, 2.05) is 0 Å². The molecular formula is C8H14N2O4. The van der Waals surface area contributed by atoms with Crippen molar-refractivity contribution < 1.29 is 19.1 Å². The molecule has 0 atom stereocenters. The molecule has 6 heteroatoms. The van der Waals surface area contributed by atoms with Gasteiger partial charge >= 0.3 is 0 Å². The van der Waals surface area contributed by atoms with Crippen molar-refractivity contribution in [3.05, 3.63) is 0 Å². The zero-order valence-electron chi connectivity index (χ0n) is 8.06. The molecule has 14 heavy (non-hydrogen) atoms. The van der Waals surface area contributed by atoms with Crippen LogP contribution in [0.4, 0.5) is 0 Å². The van der Waals surface area contributed by atoms with Crippen LogP contribution in [-0.4, -0.2) is 39.2 Å². The summed E-state index contributed by atoms with van der Waals surface area (Å²) in [7, 11) is 0. The van der Waals surface area contributed by atoms with Gasteiger partial charge < -0.3 is 14.8 Å². The van der Waals surface area contributed by atoms with E-state index in [-0.39, 0.29) is 0 Å². The Balaban J connectivity index is 0. The molecule has 0 aromatic rings. The largest absolute Gasteiger partial charge is 0.467 e. The molecule has 0 bridgehead atoms. The minimum Gasteiger partial charge on any atom is -0.467 e. The second kappa shape index (κ2) is 17.5. The minimum absolute atomic E-state index is 0.338. The van der Waals surface area contributed by atoms with Crippen LogP contribution in [0.3, 0.4) is 0 Å². The van der Waals surface area contributed by atoms with Crippen LogP contribution >= 0.6 is 0 Å². The monoisotopic (exact) mass is 202 g/mol. The molecule has 0 radical (unpaired) electrons. The highest BCUT2D eigenvalue weighted by molar-refractivity contribution is 5.37. The first-order valence-electron chi connectivity index (χ1n) is 3.95. The smallest absolute Gasteiger partial charge is 0.293 e. The molecule has 0 aliphatic rings. The maximum absolute atomic E-state index is 9.62. The lowest BCUT2D eigenvalue weighted by Crippen LogP contribution is -2.23. The maximum atomic E-state index is 9.62. The van der Waals surface area contributed by atoms with Gasteiger partial charge in [-0.05, 0) is 0 Å². The van der Waals surface area contributed by atoms with E-state index in [0.29, 0.717) is 39.2 Å². The highest BCUT2D eigenvalue weighted by Crippen LogP contribution is 1.67. The maximum Gasteiger partial charge on any atom is 0.293 e. The van der Waals surface area contributed by atoms with Gasteiger partial charge in [0.15, 0.2) is 0 Å². The van der Waals surface area contributed by atoms with Crippen LogP contribution in [0.25, 0.3) is 0 Å². The van der Waals surface area contributed by atoms with Gasteiger partial charge in [0.1, 0.15) is 13.2 Å². The molecular weight excluding hydrogens is 188 g/mol. The van der Waals surface area contributed by atoms with E-state index in [2.05, 4.69) is 14.8 Å². The van der Waals surface area contributed by atoms with Crippen LogP contribution in [-0.2, 0) is 19.1 Å². The summed E-state index contributed by atoms with van der Waals surface area (Å²) in [6.45, 7) is 4.03. The summed E-state index contributed by atoms with van der Waals surface area (Å²) in [6, 6.07) is 1.75. The predicted octanol–water partition coefficient (Wildman–Crippen LogP) is -0.548.